The summed E-state index contributed by atoms with van der Waals surface area (Å²) in [6, 6.07) is 10.1. The van der Waals surface area contributed by atoms with Crippen molar-refractivity contribution >= 4 is 0 Å². The van der Waals surface area contributed by atoms with Crippen LogP contribution in [-0.2, 0) is 6.54 Å². The SMILES string of the molecule is COc1ccc(CNCCCC#N)cc1. The number of nitriles is 1. The van der Waals surface area contributed by atoms with E-state index < -0.39 is 0 Å². The van der Waals surface area contributed by atoms with Gasteiger partial charge in [-0.25, -0.2) is 0 Å². The number of nitrogens with zero attached hydrogens (tertiary/aromatic N) is 1. The van der Waals surface area contributed by atoms with Crippen molar-refractivity contribution in [2.75, 3.05) is 13.7 Å². The van der Waals surface area contributed by atoms with Crippen molar-refractivity contribution in [3.63, 3.8) is 0 Å². The van der Waals surface area contributed by atoms with Crippen molar-refractivity contribution < 1.29 is 4.74 Å². The molecule has 0 bridgehead atoms. The van der Waals surface area contributed by atoms with E-state index in [4.69, 9.17) is 10.00 Å². The maximum Gasteiger partial charge on any atom is 0.118 e. The molecule has 0 heterocycles. The molecule has 1 aromatic carbocycles. The average molecular weight is 204 g/mol. The van der Waals surface area contributed by atoms with E-state index in [9.17, 15) is 0 Å². The molecule has 0 aromatic heterocycles. The van der Waals surface area contributed by atoms with Gasteiger partial charge in [0, 0.05) is 13.0 Å². The molecular weight excluding hydrogens is 188 g/mol. The Labute approximate surface area is 90.7 Å². The van der Waals surface area contributed by atoms with Gasteiger partial charge in [-0.15, -0.1) is 0 Å². The van der Waals surface area contributed by atoms with E-state index in [2.05, 4.69) is 11.4 Å². The predicted octanol–water partition coefficient (Wildman–Crippen LogP) is 2.09. The second-order valence-corrected chi connectivity index (χ2v) is 3.29. The van der Waals surface area contributed by atoms with Gasteiger partial charge >= 0.3 is 0 Å². The van der Waals surface area contributed by atoms with E-state index in [0.717, 1.165) is 25.3 Å². The molecule has 3 heteroatoms. The summed E-state index contributed by atoms with van der Waals surface area (Å²) >= 11 is 0. The molecule has 1 N–H and O–H groups in total. The minimum atomic E-state index is 0.621. The molecule has 0 aliphatic carbocycles. The Bertz CT molecular complexity index is 313. The molecule has 80 valence electrons. The van der Waals surface area contributed by atoms with Crippen LogP contribution in [-0.4, -0.2) is 13.7 Å². The van der Waals surface area contributed by atoms with E-state index in [1.165, 1.54) is 5.56 Å². The van der Waals surface area contributed by atoms with Gasteiger partial charge in [-0.05, 0) is 30.7 Å². The summed E-state index contributed by atoms with van der Waals surface area (Å²) in [5.41, 5.74) is 1.23. The summed E-state index contributed by atoms with van der Waals surface area (Å²) in [5, 5.41) is 11.6. The van der Waals surface area contributed by atoms with Crippen LogP contribution in [0.5, 0.6) is 5.75 Å². The zero-order valence-corrected chi connectivity index (χ0v) is 8.99. The highest BCUT2D eigenvalue weighted by molar-refractivity contribution is 5.26. The van der Waals surface area contributed by atoms with Crippen LogP contribution in [0.3, 0.4) is 0 Å². The molecule has 15 heavy (non-hydrogen) atoms. The van der Waals surface area contributed by atoms with Crippen LogP contribution in [0.2, 0.25) is 0 Å². The van der Waals surface area contributed by atoms with Crippen LogP contribution >= 0.6 is 0 Å². The smallest absolute Gasteiger partial charge is 0.118 e. The number of rotatable bonds is 6. The number of hydrogen-bond acceptors (Lipinski definition) is 3. The molecule has 0 aliphatic rings. The molecule has 0 fully saturated rings. The van der Waals surface area contributed by atoms with Gasteiger partial charge < -0.3 is 10.1 Å². The van der Waals surface area contributed by atoms with Crippen molar-refractivity contribution in [2.45, 2.75) is 19.4 Å². The van der Waals surface area contributed by atoms with Crippen molar-refractivity contribution in [3.8, 4) is 11.8 Å². The number of hydrogen-bond donors (Lipinski definition) is 1. The number of ether oxygens (including phenoxy) is 1. The van der Waals surface area contributed by atoms with Crippen LogP contribution in [0.15, 0.2) is 24.3 Å². The number of unbranched alkanes of at least 4 members (excludes halogenated alkanes) is 1. The zero-order chi connectivity index (χ0) is 10.9. The lowest BCUT2D eigenvalue weighted by molar-refractivity contribution is 0.414. The quantitative estimate of drug-likeness (QED) is 0.722. The third kappa shape index (κ3) is 4.48. The van der Waals surface area contributed by atoms with Crippen molar-refractivity contribution in [2.24, 2.45) is 0 Å². The molecule has 0 unspecified atom stereocenters. The topological polar surface area (TPSA) is 45.0 Å². The van der Waals surface area contributed by atoms with E-state index >= 15 is 0 Å². The molecule has 3 nitrogen and oxygen atoms in total. The number of nitrogens with one attached hydrogen (secondary N) is 1. The van der Waals surface area contributed by atoms with Crippen molar-refractivity contribution in [1.82, 2.24) is 5.32 Å². The Morgan fingerprint density at radius 2 is 2.07 bits per heavy atom. The molecule has 0 radical (unpaired) electrons. The maximum absolute atomic E-state index is 8.35. The fourth-order valence-corrected chi connectivity index (χ4v) is 1.27. The summed E-state index contributed by atoms with van der Waals surface area (Å²) in [7, 11) is 1.66. The molecule has 1 aromatic rings. The first-order valence-corrected chi connectivity index (χ1v) is 5.07. The molecule has 0 saturated heterocycles. The van der Waals surface area contributed by atoms with Gasteiger partial charge in [0.2, 0.25) is 0 Å². The molecule has 1 rings (SSSR count). The zero-order valence-electron chi connectivity index (χ0n) is 8.99. The van der Waals surface area contributed by atoms with Gasteiger partial charge in [0.1, 0.15) is 5.75 Å². The third-order valence-electron chi connectivity index (χ3n) is 2.13. The van der Waals surface area contributed by atoms with Crippen LogP contribution in [0.1, 0.15) is 18.4 Å². The van der Waals surface area contributed by atoms with Crippen LogP contribution < -0.4 is 10.1 Å². The first-order chi connectivity index (χ1) is 7.36. The Morgan fingerprint density at radius 1 is 1.33 bits per heavy atom. The summed E-state index contributed by atoms with van der Waals surface area (Å²) < 4.78 is 5.07. The average Bonchev–Trinajstić information content (AvgIpc) is 2.30. The van der Waals surface area contributed by atoms with Crippen LogP contribution in [0.25, 0.3) is 0 Å². The minimum Gasteiger partial charge on any atom is -0.497 e. The van der Waals surface area contributed by atoms with E-state index in [1.54, 1.807) is 7.11 Å². The van der Waals surface area contributed by atoms with Gasteiger partial charge in [-0.1, -0.05) is 12.1 Å². The Balaban J connectivity index is 2.23. The highest BCUT2D eigenvalue weighted by atomic mass is 16.5. The van der Waals surface area contributed by atoms with Crippen LogP contribution in [0, 0.1) is 11.3 Å². The van der Waals surface area contributed by atoms with Gasteiger partial charge in [0.25, 0.3) is 0 Å². The second-order valence-electron chi connectivity index (χ2n) is 3.29. The Morgan fingerprint density at radius 3 is 2.67 bits per heavy atom. The van der Waals surface area contributed by atoms with Crippen LogP contribution in [0.4, 0.5) is 0 Å². The molecule has 0 spiro atoms. The minimum absolute atomic E-state index is 0.621. The van der Waals surface area contributed by atoms with Crippen molar-refractivity contribution in [1.29, 1.82) is 5.26 Å². The molecule has 0 aliphatic heterocycles. The Kier molecular flexibility index (Phi) is 5.28. The third-order valence-corrected chi connectivity index (χ3v) is 2.13. The summed E-state index contributed by atoms with van der Waals surface area (Å²) in [4.78, 5) is 0. The normalized spacial score (nSPS) is 9.60. The molecular formula is C12H16N2O. The van der Waals surface area contributed by atoms with Crippen molar-refractivity contribution in [3.05, 3.63) is 29.8 Å². The fourth-order valence-electron chi connectivity index (χ4n) is 1.27. The lowest BCUT2D eigenvalue weighted by Gasteiger charge is -2.04. The lowest BCUT2D eigenvalue weighted by atomic mass is 10.2. The number of methoxy groups -OCH3 is 1. The highest BCUT2D eigenvalue weighted by Crippen LogP contribution is 2.10. The summed E-state index contributed by atoms with van der Waals surface area (Å²) in [6.07, 6.45) is 1.53. The largest absolute Gasteiger partial charge is 0.497 e. The Hall–Kier alpha value is -1.53. The van der Waals surface area contributed by atoms with E-state index in [1.807, 2.05) is 24.3 Å². The first-order valence-electron chi connectivity index (χ1n) is 5.07. The molecule has 0 saturated carbocycles. The van der Waals surface area contributed by atoms with Gasteiger partial charge in [0.15, 0.2) is 0 Å². The highest BCUT2D eigenvalue weighted by Gasteiger charge is 1.93. The summed E-state index contributed by atoms with van der Waals surface area (Å²) in [5.74, 6) is 0.878. The van der Waals surface area contributed by atoms with E-state index in [0.29, 0.717) is 6.42 Å². The van der Waals surface area contributed by atoms with Gasteiger partial charge in [-0.2, -0.15) is 5.26 Å². The number of benzene rings is 1. The molecule has 0 amide bonds. The van der Waals surface area contributed by atoms with Gasteiger partial charge in [0.05, 0.1) is 13.2 Å². The molecule has 0 atom stereocenters. The van der Waals surface area contributed by atoms with Gasteiger partial charge in [-0.3, -0.25) is 0 Å². The maximum atomic E-state index is 8.35. The summed E-state index contributed by atoms with van der Waals surface area (Å²) in [6.45, 7) is 1.73. The first kappa shape index (κ1) is 11.5. The predicted molar refractivity (Wildman–Crippen MR) is 59.5 cm³/mol. The lowest BCUT2D eigenvalue weighted by Crippen LogP contribution is -2.14. The second kappa shape index (κ2) is 6.86. The van der Waals surface area contributed by atoms with E-state index in [-0.39, 0.29) is 0 Å². The fraction of sp³-hybridized carbons (Fsp3) is 0.417. The standard InChI is InChI=1S/C12H16N2O/c1-15-12-6-4-11(5-7-12)10-14-9-3-2-8-13/h4-7,14H,2-3,9-10H2,1H3. The monoisotopic (exact) mass is 204 g/mol.